The van der Waals surface area contributed by atoms with Crippen LogP contribution in [0, 0.1) is 34.5 Å². The van der Waals surface area contributed by atoms with Gasteiger partial charge in [-0.2, -0.15) is 0 Å². The fraction of sp³-hybridized carbons (Fsp3) is 0.895. The molecule has 6 saturated carbocycles. The Balaban J connectivity index is 0.000000208. The molecule has 8 rings (SSSR count). The van der Waals surface area contributed by atoms with Crippen molar-refractivity contribution in [1.29, 1.82) is 0 Å². The van der Waals surface area contributed by atoms with E-state index in [0.29, 0.717) is 22.7 Å². The lowest BCUT2D eigenvalue weighted by molar-refractivity contribution is -0.199. The van der Waals surface area contributed by atoms with Crippen LogP contribution in [0.2, 0.25) is 0 Å². The highest BCUT2D eigenvalue weighted by molar-refractivity contribution is 6.59. The molecule has 2 heterocycles. The van der Waals surface area contributed by atoms with E-state index in [0.717, 1.165) is 56.8 Å². The van der Waals surface area contributed by atoms with Crippen molar-refractivity contribution in [1.82, 2.24) is 0 Å². The Bertz CT molecular complexity index is 969. The van der Waals surface area contributed by atoms with Crippen molar-refractivity contribution in [3.05, 3.63) is 25.3 Å². The average Bonchev–Trinajstić information content (AvgIpc) is 3.57. The number of halogens is 2. The molecule has 8 fully saturated rings. The molecule has 2 saturated heterocycles. The molecule has 0 aromatic rings. The summed E-state index contributed by atoms with van der Waals surface area (Å²) in [6.07, 6.45) is 23.4. The van der Waals surface area contributed by atoms with Crippen LogP contribution in [0.15, 0.2) is 25.3 Å². The van der Waals surface area contributed by atoms with Crippen molar-refractivity contribution < 1.29 is 18.6 Å². The minimum Gasteiger partial charge on any atom is -0.404 e. The highest BCUT2D eigenvalue weighted by Gasteiger charge is 2.69. The highest BCUT2D eigenvalue weighted by atomic mass is 35.5. The Morgan fingerprint density at radius 2 is 1.11 bits per heavy atom. The van der Waals surface area contributed by atoms with E-state index in [-0.39, 0.29) is 61.3 Å². The molecule has 0 aromatic heterocycles. The molecular formula is C38H67B2Cl2NO4. The van der Waals surface area contributed by atoms with Gasteiger partial charge in [-0.3, -0.25) is 0 Å². The van der Waals surface area contributed by atoms with Crippen LogP contribution in [0.25, 0.3) is 0 Å². The smallest absolute Gasteiger partial charge is 0.404 e. The van der Waals surface area contributed by atoms with Crippen molar-refractivity contribution in [2.24, 2.45) is 40.2 Å². The van der Waals surface area contributed by atoms with E-state index in [9.17, 15) is 0 Å². The first-order valence-electron chi connectivity index (χ1n) is 19.1. The molecule has 8 unspecified atom stereocenters. The summed E-state index contributed by atoms with van der Waals surface area (Å²) in [5.74, 6) is 2.85. The zero-order chi connectivity index (χ0) is 33.3. The van der Waals surface area contributed by atoms with E-state index in [1.54, 1.807) is 0 Å². The summed E-state index contributed by atoms with van der Waals surface area (Å²) < 4.78 is 25.4. The van der Waals surface area contributed by atoms with Gasteiger partial charge in [0.15, 0.2) is 0 Å². The molecule has 4 bridgehead atoms. The predicted octanol–water partition coefficient (Wildman–Crippen LogP) is 9.92. The maximum absolute atomic E-state index is 6.62. The first kappa shape index (κ1) is 39.8. The maximum Gasteiger partial charge on any atom is 0.476 e. The molecule has 2 aliphatic heterocycles. The predicted molar refractivity (Wildman–Crippen MR) is 201 cm³/mol. The van der Waals surface area contributed by atoms with Crippen LogP contribution in [0.4, 0.5) is 0 Å². The average molecular weight is 694 g/mol. The van der Waals surface area contributed by atoms with Crippen LogP contribution < -0.4 is 5.73 Å². The molecule has 47 heavy (non-hydrogen) atoms. The Hall–Kier alpha value is -0.0101. The number of alkyl halides is 1. The summed E-state index contributed by atoms with van der Waals surface area (Å²) in [5.41, 5.74) is 6.95. The number of allylic oxidation sites excluding steroid dienone is 2. The number of rotatable bonds is 16. The lowest BCUT2D eigenvalue weighted by Gasteiger charge is -2.64. The number of nitrogens with two attached hydrogens (primary N) is 1. The van der Waals surface area contributed by atoms with Crippen molar-refractivity contribution in [3.63, 3.8) is 0 Å². The molecule has 0 amide bonds. The minimum atomic E-state index is -0.213. The van der Waals surface area contributed by atoms with Gasteiger partial charge in [-0.25, -0.2) is 0 Å². The van der Waals surface area contributed by atoms with Gasteiger partial charge in [0, 0.05) is 5.94 Å². The summed E-state index contributed by atoms with van der Waals surface area (Å²) in [5, 5.41) is -0.0165. The van der Waals surface area contributed by atoms with Crippen LogP contribution >= 0.6 is 24.0 Å². The summed E-state index contributed by atoms with van der Waals surface area (Å²) in [6, 6.07) is 0. The topological polar surface area (TPSA) is 62.9 Å². The zero-order valence-corrected chi connectivity index (χ0v) is 32.2. The Morgan fingerprint density at radius 1 is 0.681 bits per heavy atom. The van der Waals surface area contributed by atoms with Crippen LogP contribution in [-0.2, 0) is 18.6 Å². The first-order valence-corrected chi connectivity index (χ1v) is 19.5. The molecule has 268 valence electrons. The van der Waals surface area contributed by atoms with Crippen LogP contribution in [0.5, 0.6) is 0 Å². The van der Waals surface area contributed by atoms with Crippen molar-refractivity contribution in [2.75, 3.05) is 0 Å². The lowest BCUT2D eigenvalue weighted by Crippen LogP contribution is -2.65. The van der Waals surface area contributed by atoms with Gasteiger partial charge in [-0.15, -0.1) is 37.2 Å². The standard InChI is InChI=1S/C19H32BClO2.C19H34BNO2.ClH/c2*1-5-6-7-8-9-10-11-17(21)20-22-16-13-14-12-15(18(14,2)3)19(16,4)23-20;/h5,14-17H,1,6-13H2,2-4H3;5,14-17H,1,6-13,21H2,2-4H3;1H/t2*14?,15?,16?,17-,19?;/m01./s1. The van der Waals surface area contributed by atoms with Crippen LogP contribution in [0.3, 0.4) is 0 Å². The third kappa shape index (κ3) is 7.92. The number of hydrogen-bond acceptors (Lipinski definition) is 5. The van der Waals surface area contributed by atoms with Gasteiger partial charge in [-0.05, 0) is 113 Å². The molecule has 6 aliphatic carbocycles. The second kappa shape index (κ2) is 16.1. The van der Waals surface area contributed by atoms with Gasteiger partial charge < -0.3 is 24.4 Å². The van der Waals surface area contributed by atoms with Gasteiger partial charge in [0.1, 0.15) is 0 Å². The largest absolute Gasteiger partial charge is 0.476 e. The van der Waals surface area contributed by atoms with E-state index in [2.05, 4.69) is 54.7 Å². The summed E-state index contributed by atoms with van der Waals surface area (Å²) >= 11 is 6.62. The SMILES string of the molecule is C=CCCCCCC[C@@H](N)B1OC2CC3CC(C3(C)C)C2(C)O1.C=CCCCCCC[C@H](Cl)B1OC2CC3CC(C3(C)C)C2(C)O1.Cl. The second-order valence-corrected chi connectivity index (χ2v) is 18.0. The fourth-order valence-electron chi connectivity index (χ4n) is 10.4. The van der Waals surface area contributed by atoms with Gasteiger partial charge in [0.25, 0.3) is 0 Å². The molecule has 9 heteroatoms. The molecule has 0 spiro atoms. The molecular weight excluding hydrogens is 627 g/mol. The fourth-order valence-corrected chi connectivity index (χ4v) is 10.7. The quantitative estimate of drug-likeness (QED) is 0.0755. The molecule has 0 aromatic carbocycles. The summed E-state index contributed by atoms with van der Waals surface area (Å²) in [4.78, 5) is 0. The third-order valence-corrected chi connectivity index (χ3v) is 14.3. The zero-order valence-electron chi connectivity index (χ0n) is 30.7. The van der Waals surface area contributed by atoms with E-state index in [1.807, 2.05) is 12.2 Å². The number of unbranched alkanes of at least 4 members (excludes halogenated alkanes) is 8. The van der Waals surface area contributed by atoms with Gasteiger partial charge >= 0.3 is 14.2 Å². The van der Waals surface area contributed by atoms with Crippen molar-refractivity contribution in [3.8, 4) is 0 Å². The minimum absolute atomic E-state index is 0. The van der Waals surface area contributed by atoms with E-state index < -0.39 is 0 Å². The lowest BCUT2D eigenvalue weighted by atomic mass is 9.43. The Morgan fingerprint density at radius 3 is 1.57 bits per heavy atom. The summed E-state index contributed by atoms with van der Waals surface area (Å²) in [7, 11) is -0.414. The Labute approximate surface area is 300 Å². The molecule has 5 nitrogen and oxygen atoms in total. The number of hydrogen-bond donors (Lipinski definition) is 1. The van der Waals surface area contributed by atoms with E-state index >= 15 is 0 Å². The third-order valence-electron chi connectivity index (χ3n) is 13.9. The van der Waals surface area contributed by atoms with Crippen LogP contribution in [-0.4, -0.2) is 48.9 Å². The maximum atomic E-state index is 6.62. The highest BCUT2D eigenvalue weighted by Crippen LogP contribution is 2.67. The molecule has 10 atom stereocenters. The summed E-state index contributed by atoms with van der Waals surface area (Å²) in [6.45, 7) is 21.6. The van der Waals surface area contributed by atoms with Crippen molar-refractivity contribution >= 4 is 38.2 Å². The monoisotopic (exact) mass is 693 g/mol. The van der Waals surface area contributed by atoms with Crippen LogP contribution in [0.1, 0.15) is 144 Å². The molecule has 0 radical (unpaired) electrons. The molecule has 8 aliphatic rings. The second-order valence-electron chi connectivity index (χ2n) is 17.4. The normalized spacial score (nSPS) is 38.0. The van der Waals surface area contributed by atoms with Gasteiger partial charge in [0.05, 0.1) is 28.7 Å². The molecule has 2 N–H and O–H groups in total. The van der Waals surface area contributed by atoms with Gasteiger partial charge in [-0.1, -0.05) is 78.4 Å². The van der Waals surface area contributed by atoms with E-state index in [1.165, 1.54) is 57.8 Å². The van der Waals surface area contributed by atoms with Gasteiger partial charge in [0.2, 0.25) is 0 Å². The van der Waals surface area contributed by atoms with E-state index in [4.69, 9.17) is 36.0 Å². The Kier molecular flexibility index (Phi) is 13.6. The van der Waals surface area contributed by atoms with Crippen molar-refractivity contribution in [2.45, 2.75) is 179 Å². The first-order chi connectivity index (χ1) is 21.8.